The van der Waals surface area contributed by atoms with E-state index in [0.29, 0.717) is 22.2 Å². The zero-order valence-electron chi connectivity index (χ0n) is 19.1. The molecule has 0 radical (unpaired) electrons. The molecule has 0 bridgehead atoms. The molecule has 1 N–H and O–H groups in total. The molecule has 2 amide bonds. The predicted molar refractivity (Wildman–Crippen MR) is 129 cm³/mol. The van der Waals surface area contributed by atoms with E-state index in [1.807, 2.05) is 24.3 Å². The number of nitro groups is 1. The number of amides is 2. The van der Waals surface area contributed by atoms with Gasteiger partial charge in [0.25, 0.3) is 5.69 Å². The van der Waals surface area contributed by atoms with Gasteiger partial charge in [-0.3, -0.25) is 15.0 Å². The number of amidine groups is 1. The van der Waals surface area contributed by atoms with Crippen LogP contribution in [0.1, 0.15) is 24.1 Å². The zero-order chi connectivity index (χ0) is 25.0. The Bertz CT molecular complexity index is 1180. The minimum absolute atomic E-state index is 0.121. The van der Waals surface area contributed by atoms with E-state index >= 15 is 0 Å². The molecule has 34 heavy (non-hydrogen) atoms. The number of benzene rings is 2. The van der Waals surface area contributed by atoms with Gasteiger partial charge in [-0.25, -0.2) is 14.6 Å². The van der Waals surface area contributed by atoms with E-state index in [9.17, 15) is 24.8 Å². The number of aliphatic imine (C=N–C) groups is 1. The maximum atomic E-state index is 13.3. The molecule has 1 unspecified atom stereocenters. The molecule has 1 aliphatic rings. The van der Waals surface area contributed by atoms with E-state index < -0.39 is 23.0 Å². The molecule has 0 saturated carbocycles. The number of carbonyl (C=O) groups is 2. The van der Waals surface area contributed by atoms with Gasteiger partial charge >= 0.3 is 12.0 Å². The predicted octanol–water partition coefficient (Wildman–Crippen LogP) is 4.29. The molecule has 11 heteroatoms. The largest absolute Gasteiger partial charge is 0.497 e. The number of carbonyl (C=O) groups excluding carboxylic acids is 1. The summed E-state index contributed by atoms with van der Waals surface area (Å²) in [6.45, 7) is 1.55. The van der Waals surface area contributed by atoms with Gasteiger partial charge in [0, 0.05) is 32.0 Å². The number of hydrogen-bond donors (Lipinski definition) is 1. The summed E-state index contributed by atoms with van der Waals surface area (Å²) in [5, 5.41) is 21.6. The quantitative estimate of drug-likeness (QED) is 0.479. The summed E-state index contributed by atoms with van der Waals surface area (Å²) in [5.41, 5.74) is 1.16. The highest BCUT2D eigenvalue weighted by Crippen LogP contribution is 2.39. The normalized spacial score (nSPS) is 15.6. The van der Waals surface area contributed by atoms with Gasteiger partial charge in [-0.1, -0.05) is 36.0 Å². The van der Waals surface area contributed by atoms with Crippen molar-refractivity contribution in [1.82, 2.24) is 9.80 Å². The van der Waals surface area contributed by atoms with E-state index in [0.717, 1.165) is 5.56 Å². The summed E-state index contributed by atoms with van der Waals surface area (Å²) in [7, 11) is 4.67. The van der Waals surface area contributed by atoms with Gasteiger partial charge < -0.3 is 14.7 Å². The monoisotopic (exact) mass is 484 g/mol. The second-order valence-corrected chi connectivity index (χ2v) is 8.58. The Balaban J connectivity index is 2.09. The first-order valence-electron chi connectivity index (χ1n) is 10.2. The minimum Gasteiger partial charge on any atom is -0.497 e. The van der Waals surface area contributed by atoms with Crippen molar-refractivity contribution in [3.05, 3.63) is 81.0 Å². The molecule has 1 heterocycles. The standard InChI is InChI=1S/C23H24N4O6S/c1-14-19(21(28)29)20(16-6-5-7-17(12-16)27(31)32)26(23(30)25(2)3)22(24-14)34-13-15-8-10-18(33-4)11-9-15/h5-12,20H,13H2,1-4H3,(H,28,29). The molecule has 10 nitrogen and oxygen atoms in total. The number of urea groups is 1. The smallest absolute Gasteiger partial charge is 0.335 e. The molecule has 0 spiro atoms. The average Bonchev–Trinajstić information content (AvgIpc) is 2.81. The van der Waals surface area contributed by atoms with E-state index in [2.05, 4.69) is 4.99 Å². The Hall–Kier alpha value is -3.86. The van der Waals surface area contributed by atoms with E-state index in [1.54, 1.807) is 34.2 Å². The molecule has 0 aromatic heterocycles. The maximum Gasteiger partial charge on any atom is 0.335 e. The number of nitrogens with zero attached hydrogens (tertiary/aromatic N) is 4. The van der Waals surface area contributed by atoms with Crippen LogP contribution in [0.5, 0.6) is 5.75 Å². The van der Waals surface area contributed by atoms with Crippen molar-refractivity contribution >= 4 is 34.6 Å². The number of carboxylic acid groups (broad SMARTS) is 1. The summed E-state index contributed by atoms with van der Waals surface area (Å²) in [6.07, 6.45) is 0. The molecular weight excluding hydrogens is 460 g/mol. The van der Waals surface area contributed by atoms with Gasteiger partial charge in [0.15, 0.2) is 5.17 Å². The number of aliphatic carboxylic acids is 1. The van der Waals surface area contributed by atoms with Crippen molar-refractivity contribution < 1.29 is 24.4 Å². The topological polar surface area (TPSA) is 126 Å². The van der Waals surface area contributed by atoms with Crippen LogP contribution in [0.4, 0.5) is 10.5 Å². The summed E-state index contributed by atoms with van der Waals surface area (Å²) in [4.78, 5) is 43.3. The number of methoxy groups -OCH3 is 1. The van der Waals surface area contributed by atoms with Gasteiger partial charge in [0.1, 0.15) is 11.8 Å². The fourth-order valence-electron chi connectivity index (χ4n) is 3.47. The molecule has 1 aliphatic heterocycles. The van der Waals surface area contributed by atoms with Crippen LogP contribution in [0.2, 0.25) is 0 Å². The highest BCUT2D eigenvalue weighted by Gasteiger charge is 2.40. The maximum absolute atomic E-state index is 13.3. The van der Waals surface area contributed by atoms with E-state index in [-0.39, 0.29) is 17.0 Å². The fraction of sp³-hybridized carbons (Fsp3) is 0.261. The van der Waals surface area contributed by atoms with Crippen molar-refractivity contribution in [1.29, 1.82) is 0 Å². The molecule has 1 atom stereocenters. The fourth-order valence-corrected chi connectivity index (χ4v) is 4.48. The second-order valence-electron chi connectivity index (χ2n) is 7.64. The zero-order valence-corrected chi connectivity index (χ0v) is 19.9. The lowest BCUT2D eigenvalue weighted by Crippen LogP contribution is -2.47. The first-order chi connectivity index (χ1) is 16.1. The van der Waals surface area contributed by atoms with Crippen molar-refractivity contribution in [2.24, 2.45) is 4.99 Å². The molecule has 2 aromatic carbocycles. The number of hydrogen-bond acceptors (Lipinski definition) is 7. The Morgan fingerprint density at radius 2 is 1.91 bits per heavy atom. The SMILES string of the molecule is COc1ccc(CSC2=NC(C)=C(C(=O)O)C(c3cccc([N+](=O)[O-])c3)N2C(=O)N(C)C)cc1. The van der Waals surface area contributed by atoms with Crippen LogP contribution >= 0.6 is 11.8 Å². The molecule has 0 fully saturated rings. The molecule has 0 aliphatic carbocycles. The Kier molecular flexibility index (Phi) is 7.57. The number of allylic oxidation sites excluding steroid dienone is 1. The average molecular weight is 485 g/mol. The van der Waals surface area contributed by atoms with E-state index in [4.69, 9.17) is 4.74 Å². The summed E-state index contributed by atoms with van der Waals surface area (Å²) < 4.78 is 5.18. The van der Waals surface area contributed by atoms with Crippen LogP contribution in [0.3, 0.4) is 0 Å². The lowest BCUT2D eigenvalue weighted by molar-refractivity contribution is -0.384. The first kappa shape index (κ1) is 24.8. The van der Waals surface area contributed by atoms with Gasteiger partial charge in [-0.15, -0.1) is 0 Å². The number of nitro benzene ring substituents is 1. The number of carboxylic acids is 1. The third-order valence-corrected chi connectivity index (χ3v) is 6.16. The van der Waals surface area contributed by atoms with Crippen LogP contribution in [0.25, 0.3) is 0 Å². The Morgan fingerprint density at radius 3 is 2.47 bits per heavy atom. The third kappa shape index (κ3) is 5.20. The number of non-ortho nitro benzene ring substituents is 1. The molecule has 2 aromatic rings. The highest BCUT2D eigenvalue weighted by molar-refractivity contribution is 8.13. The minimum atomic E-state index is -1.26. The molecule has 3 rings (SSSR count). The van der Waals surface area contributed by atoms with Crippen LogP contribution in [-0.4, -0.2) is 58.2 Å². The summed E-state index contributed by atoms with van der Waals surface area (Å²) in [6, 6.07) is 11.5. The van der Waals surface area contributed by atoms with Gasteiger partial charge in [-0.2, -0.15) is 0 Å². The van der Waals surface area contributed by atoms with E-state index in [1.165, 1.54) is 39.8 Å². The lowest BCUT2D eigenvalue weighted by atomic mass is 9.94. The van der Waals surface area contributed by atoms with Crippen molar-refractivity contribution in [2.75, 3.05) is 21.2 Å². The van der Waals surface area contributed by atoms with Crippen LogP contribution in [0.15, 0.2) is 64.8 Å². The van der Waals surface area contributed by atoms with Crippen molar-refractivity contribution in [2.45, 2.75) is 18.7 Å². The van der Waals surface area contributed by atoms with Crippen molar-refractivity contribution in [3.8, 4) is 5.75 Å². The second kappa shape index (κ2) is 10.4. The molecule has 0 saturated heterocycles. The highest BCUT2D eigenvalue weighted by atomic mass is 32.2. The third-order valence-electron chi connectivity index (χ3n) is 5.13. The number of rotatable bonds is 6. The molecule has 178 valence electrons. The number of ether oxygens (including phenoxy) is 1. The summed E-state index contributed by atoms with van der Waals surface area (Å²) >= 11 is 1.27. The van der Waals surface area contributed by atoms with Crippen LogP contribution in [0, 0.1) is 10.1 Å². The number of thioether (sulfide) groups is 1. The van der Waals surface area contributed by atoms with Crippen LogP contribution in [-0.2, 0) is 10.5 Å². The van der Waals surface area contributed by atoms with Crippen LogP contribution < -0.4 is 4.74 Å². The molecular formula is C23H24N4O6S. The van der Waals surface area contributed by atoms with Gasteiger partial charge in [0.2, 0.25) is 0 Å². The lowest BCUT2D eigenvalue weighted by Gasteiger charge is -2.37. The van der Waals surface area contributed by atoms with Gasteiger partial charge in [0.05, 0.1) is 23.3 Å². The Labute approximate surface area is 200 Å². The van der Waals surface area contributed by atoms with Crippen molar-refractivity contribution in [3.63, 3.8) is 0 Å². The summed E-state index contributed by atoms with van der Waals surface area (Å²) in [5.74, 6) is -0.0884. The first-order valence-corrected chi connectivity index (χ1v) is 11.2. The van der Waals surface area contributed by atoms with Gasteiger partial charge in [-0.05, 0) is 30.2 Å². The Morgan fingerprint density at radius 1 is 1.24 bits per heavy atom.